The van der Waals surface area contributed by atoms with Crippen LogP contribution in [0.5, 0.6) is 5.75 Å². The van der Waals surface area contributed by atoms with E-state index in [1.165, 1.54) is 7.11 Å². The van der Waals surface area contributed by atoms with E-state index in [9.17, 15) is 13.6 Å². The van der Waals surface area contributed by atoms with Gasteiger partial charge in [0.1, 0.15) is 6.61 Å². The van der Waals surface area contributed by atoms with Crippen molar-refractivity contribution in [3.63, 3.8) is 0 Å². The minimum absolute atomic E-state index is 0.0219. The van der Waals surface area contributed by atoms with Gasteiger partial charge in [0.05, 0.1) is 13.7 Å². The number of benzene rings is 3. The normalized spacial score (nSPS) is 11.7. The Morgan fingerprint density at radius 2 is 1.58 bits per heavy atom. The molecule has 6 heteroatoms. The van der Waals surface area contributed by atoms with Crippen LogP contribution in [0.25, 0.3) is 11.1 Å². The molecule has 0 heterocycles. The molecule has 1 aliphatic rings. The minimum Gasteiger partial charge on any atom is -0.491 e. The van der Waals surface area contributed by atoms with Crippen LogP contribution in [0.3, 0.4) is 0 Å². The molecule has 3 aromatic carbocycles. The maximum atomic E-state index is 13.7. The molecular weight excluding hydrogens is 400 g/mol. The van der Waals surface area contributed by atoms with E-state index < -0.39 is 23.5 Å². The molecule has 0 aromatic heterocycles. The lowest BCUT2D eigenvalue weighted by atomic mass is 9.98. The molecule has 0 spiro atoms. The number of hydrogen-bond donors (Lipinski definition) is 1. The molecule has 0 atom stereocenters. The number of carbonyl (C=O) groups is 1. The first-order chi connectivity index (χ1) is 15.1. The Bertz CT molecular complexity index is 1130. The Hall–Kier alpha value is -3.85. The Morgan fingerprint density at radius 1 is 1.00 bits per heavy atom. The summed E-state index contributed by atoms with van der Waals surface area (Å²) < 4.78 is 37.4. The summed E-state index contributed by atoms with van der Waals surface area (Å²) >= 11 is 0. The van der Waals surface area contributed by atoms with Crippen molar-refractivity contribution in [2.45, 2.75) is 5.92 Å². The van der Waals surface area contributed by atoms with E-state index in [0.29, 0.717) is 0 Å². The standard InChI is InChI=1S/C25H19F2NO3/c1-30-24-22(26)13-16(14-23(24)27)7-6-12-28-25(29)31-15-21-19-10-4-2-8-17(19)18-9-3-5-11-20(18)21/h2-5,8-11,13-14,21H,12,15H2,1H3,(H,28,29). The van der Waals surface area contributed by atoms with Crippen LogP contribution >= 0.6 is 0 Å². The van der Waals surface area contributed by atoms with Gasteiger partial charge in [-0.25, -0.2) is 13.6 Å². The number of alkyl carbamates (subject to hydrolysis) is 1. The summed E-state index contributed by atoms with van der Waals surface area (Å²) in [6, 6.07) is 18.3. The fourth-order valence-corrected chi connectivity index (χ4v) is 3.74. The number of rotatable bonds is 4. The molecule has 156 valence electrons. The number of methoxy groups -OCH3 is 1. The first-order valence-corrected chi connectivity index (χ1v) is 9.69. The molecule has 0 aliphatic heterocycles. The molecular formula is C25H19F2NO3. The van der Waals surface area contributed by atoms with Crippen LogP contribution < -0.4 is 10.1 Å². The van der Waals surface area contributed by atoms with Gasteiger partial charge >= 0.3 is 6.09 Å². The van der Waals surface area contributed by atoms with E-state index in [0.717, 1.165) is 34.4 Å². The summed E-state index contributed by atoms with van der Waals surface area (Å²) in [5, 5.41) is 2.53. The van der Waals surface area contributed by atoms with E-state index >= 15 is 0 Å². The lowest BCUT2D eigenvalue weighted by Crippen LogP contribution is -2.26. The highest BCUT2D eigenvalue weighted by molar-refractivity contribution is 5.79. The van der Waals surface area contributed by atoms with Crippen molar-refractivity contribution in [2.75, 3.05) is 20.3 Å². The number of ether oxygens (including phenoxy) is 2. The lowest BCUT2D eigenvalue weighted by Gasteiger charge is -2.14. The first kappa shape index (κ1) is 20.4. The lowest BCUT2D eigenvalue weighted by molar-refractivity contribution is 0.144. The molecule has 31 heavy (non-hydrogen) atoms. The molecule has 0 bridgehead atoms. The molecule has 1 aliphatic carbocycles. The van der Waals surface area contributed by atoms with Crippen LogP contribution in [-0.2, 0) is 4.74 Å². The van der Waals surface area contributed by atoms with Gasteiger partial charge in [-0.05, 0) is 34.4 Å². The SMILES string of the molecule is COc1c(F)cc(C#CCNC(=O)OCC2c3ccccc3-c3ccccc32)cc1F. The summed E-state index contributed by atoms with van der Waals surface area (Å²) in [5.41, 5.74) is 4.69. The van der Waals surface area contributed by atoms with Crippen molar-refractivity contribution in [3.05, 3.63) is 89.0 Å². The van der Waals surface area contributed by atoms with Gasteiger partial charge in [-0.15, -0.1) is 0 Å². The van der Waals surface area contributed by atoms with Crippen molar-refractivity contribution < 1.29 is 23.0 Å². The van der Waals surface area contributed by atoms with E-state index in [1.54, 1.807) is 0 Å². The molecule has 0 unspecified atom stereocenters. The van der Waals surface area contributed by atoms with Gasteiger partial charge in [-0.1, -0.05) is 60.4 Å². The molecule has 4 rings (SSSR count). The number of hydrogen-bond acceptors (Lipinski definition) is 3. The Morgan fingerprint density at radius 3 is 2.16 bits per heavy atom. The predicted molar refractivity (Wildman–Crippen MR) is 113 cm³/mol. The van der Waals surface area contributed by atoms with Gasteiger partial charge in [0.25, 0.3) is 0 Å². The van der Waals surface area contributed by atoms with E-state index in [2.05, 4.69) is 34.0 Å². The molecule has 0 radical (unpaired) electrons. The van der Waals surface area contributed by atoms with Gasteiger partial charge in [0.15, 0.2) is 17.4 Å². The van der Waals surface area contributed by atoms with E-state index in [-0.39, 0.29) is 24.6 Å². The number of amides is 1. The zero-order valence-corrected chi connectivity index (χ0v) is 16.7. The van der Waals surface area contributed by atoms with Crippen LogP contribution in [0, 0.1) is 23.5 Å². The quantitative estimate of drug-likeness (QED) is 0.614. The highest BCUT2D eigenvalue weighted by Gasteiger charge is 2.28. The number of carbonyl (C=O) groups excluding carboxylic acids is 1. The fourth-order valence-electron chi connectivity index (χ4n) is 3.74. The topological polar surface area (TPSA) is 47.6 Å². The average Bonchev–Trinajstić information content (AvgIpc) is 3.09. The van der Waals surface area contributed by atoms with Crippen LogP contribution in [0.1, 0.15) is 22.6 Å². The highest BCUT2D eigenvalue weighted by Crippen LogP contribution is 2.44. The molecule has 0 fully saturated rings. The molecule has 4 nitrogen and oxygen atoms in total. The van der Waals surface area contributed by atoms with Gasteiger partial charge in [0, 0.05) is 11.5 Å². The van der Waals surface area contributed by atoms with Gasteiger partial charge in [-0.2, -0.15) is 0 Å². The van der Waals surface area contributed by atoms with Crippen molar-refractivity contribution in [2.24, 2.45) is 0 Å². The highest BCUT2D eigenvalue weighted by atomic mass is 19.1. The summed E-state index contributed by atoms with van der Waals surface area (Å²) in [6.45, 7) is 0.175. The number of fused-ring (bicyclic) bond motifs is 3. The van der Waals surface area contributed by atoms with Crippen molar-refractivity contribution in [1.82, 2.24) is 5.32 Å². The van der Waals surface area contributed by atoms with Crippen molar-refractivity contribution in [1.29, 1.82) is 0 Å². The van der Waals surface area contributed by atoms with Crippen LogP contribution in [0.2, 0.25) is 0 Å². The molecule has 0 saturated carbocycles. The second-order valence-electron chi connectivity index (χ2n) is 6.95. The third-order valence-corrected chi connectivity index (χ3v) is 5.10. The van der Waals surface area contributed by atoms with Gasteiger partial charge < -0.3 is 14.8 Å². The third kappa shape index (κ3) is 4.22. The maximum absolute atomic E-state index is 13.7. The largest absolute Gasteiger partial charge is 0.491 e. The minimum atomic E-state index is -0.837. The van der Waals surface area contributed by atoms with E-state index in [1.807, 2.05) is 36.4 Å². The third-order valence-electron chi connectivity index (χ3n) is 5.10. The molecule has 1 amide bonds. The Labute approximate surface area is 178 Å². The maximum Gasteiger partial charge on any atom is 0.407 e. The van der Waals surface area contributed by atoms with Gasteiger partial charge in [0.2, 0.25) is 0 Å². The monoisotopic (exact) mass is 419 g/mol. The fraction of sp³-hybridized carbons (Fsp3) is 0.160. The number of nitrogens with one attached hydrogen (secondary N) is 1. The summed E-state index contributed by atoms with van der Waals surface area (Å²) in [7, 11) is 1.19. The summed E-state index contributed by atoms with van der Waals surface area (Å²) in [5.74, 6) is 3.09. The van der Waals surface area contributed by atoms with Crippen LogP contribution in [0.15, 0.2) is 60.7 Å². The van der Waals surface area contributed by atoms with Crippen LogP contribution in [-0.4, -0.2) is 26.4 Å². The molecule has 1 N–H and O–H groups in total. The average molecular weight is 419 g/mol. The molecule has 3 aromatic rings. The van der Waals surface area contributed by atoms with Crippen molar-refractivity contribution >= 4 is 6.09 Å². The van der Waals surface area contributed by atoms with Gasteiger partial charge in [-0.3, -0.25) is 0 Å². The summed E-state index contributed by atoms with van der Waals surface area (Å²) in [4.78, 5) is 12.1. The Kier molecular flexibility index (Phi) is 5.85. The smallest absolute Gasteiger partial charge is 0.407 e. The van der Waals surface area contributed by atoms with E-state index in [4.69, 9.17) is 4.74 Å². The number of halogens is 2. The summed E-state index contributed by atoms with van der Waals surface area (Å²) in [6.07, 6.45) is -0.608. The Balaban J connectivity index is 1.35. The second kappa shape index (κ2) is 8.88. The predicted octanol–water partition coefficient (Wildman–Crippen LogP) is 4.86. The zero-order chi connectivity index (χ0) is 21.8. The van der Waals surface area contributed by atoms with Crippen LogP contribution in [0.4, 0.5) is 13.6 Å². The molecule has 0 saturated heterocycles. The second-order valence-corrected chi connectivity index (χ2v) is 6.95. The zero-order valence-electron chi connectivity index (χ0n) is 16.7. The first-order valence-electron chi connectivity index (χ1n) is 9.69. The van der Waals surface area contributed by atoms with Crippen molar-refractivity contribution in [3.8, 4) is 28.7 Å².